The lowest BCUT2D eigenvalue weighted by Crippen LogP contribution is -2.10. The number of aromatic nitrogens is 3. The van der Waals surface area contributed by atoms with Crippen molar-refractivity contribution in [1.82, 2.24) is 15.2 Å². The predicted molar refractivity (Wildman–Crippen MR) is 111 cm³/mol. The SMILES string of the molecule is COc1ccccc1CCNc1nncc(Nc2cc(C)c(Cl)cc2OC)n1. The second-order valence-corrected chi connectivity index (χ2v) is 6.49. The zero-order chi connectivity index (χ0) is 19.9. The Morgan fingerprint density at radius 3 is 2.64 bits per heavy atom. The van der Waals surface area contributed by atoms with E-state index in [9.17, 15) is 0 Å². The zero-order valence-corrected chi connectivity index (χ0v) is 16.7. The van der Waals surface area contributed by atoms with Crippen molar-refractivity contribution in [3.05, 3.63) is 58.7 Å². The van der Waals surface area contributed by atoms with Gasteiger partial charge in [0.2, 0.25) is 5.95 Å². The third kappa shape index (κ3) is 4.80. The fourth-order valence-electron chi connectivity index (χ4n) is 2.72. The molecule has 7 nitrogen and oxygen atoms in total. The fourth-order valence-corrected chi connectivity index (χ4v) is 2.88. The predicted octanol–water partition coefficient (Wildman–Crippen LogP) is 4.25. The molecule has 1 heterocycles. The average molecular weight is 400 g/mol. The number of hydrogen-bond acceptors (Lipinski definition) is 7. The first-order valence-electron chi connectivity index (χ1n) is 8.77. The van der Waals surface area contributed by atoms with Crippen LogP contribution in [0.15, 0.2) is 42.6 Å². The monoisotopic (exact) mass is 399 g/mol. The van der Waals surface area contributed by atoms with E-state index in [2.05, 4.69) is 25.8 Å². The van der Waals surface area contributed by atoms with Crippen LogP contribution in [0.5, 0.6) is 11.5 Å². The van der Waals surface area contributed by atoms with Crippen LogP contribution in [0.4, 0.5) is 17.5 Å². The highest BCUT2D eigenvalue weighted by Gasteiger charge is 2.09. The highest BCUT2D eigenvalue weighted by molar-refractivity contribution is 6.31. The van der Waals surface area contributed by atoms with Crippen molar-refractivity contribution >= 4 is 29.1 Å². The molecule has 3 rings (SSSR count). The molecule has 0 aliphatic carbocycles. The standard InChI is InChI=1S/C20H22ClN5O2/c1-13-10-16(18(28-3)11-15(13)21)24-19-12-23-26-20(25-19)22-9-8-14-6-4-5-7-17(14)27-2/h4-7,10-12H,8-9H2,1-3H3,(H2,22,24,25,26). The molecular weight excluding hydrogens is 378 g/mol. The summed E-state index contributed by atoms with van der Waals surface area (Å²) in [6.45, 7) is 2.57. The van der Waals surface area contributed by atoms with Crippen LogP contribution in [-0.4, -0.2) is 35.9 Å². The van der Waals surface area contributed by atoms with Gasteiger partial charge >= 0.3 is 0 Å². The van der Waals surface area contributed by atoms with Crippen LogP contribution in [0.2, 0.25) is 5.02 Å². The topological polar surface area (TPSA) is 81.2 Å². The van der Waals surface area contributed by atoms with E-state index in [-0.39, 0.29) is 0 Å². The van der Waals surface area contributed by atoms with Crippen molar-refractivity contribution < 1.29 is 9.47 Å². The summed E-state index contributed by atoms with van der Waals surface area (Å²) in [5.41, 5.74) is 2.80. The number of anilines is 3. The largest absolute Gasteiger partial charge is 0.496 e. The van der Waals surface area contributed by atoms with Crippen molar-refractivity contribution in [2.45, 2.75) is 13.3 Å². The van der Waals surface area contributed by atoms with Gasteiger partial charge in [-0.25, -0.2) is 0 Å². The molecule has 146 valence electrons. The Hall–Kier alpha value is -3.06. The lowest BCUT2D eigenvalue weighted by molar-refractivity contribution is 0.410. The highest BCUT2D eigenvalue weighted by Crippen LogP contribution is 2.32. The Labute approximate surface area is 169 Å². The Morgan fingerprint density at radius 2 is 1.86 bits per heavy atom. The lowest BCUT2D eigenvalue weighted by atomic mass is 10.1. The Kier molecular flexibility index (Phi) is 6.49. The van der Waals surface area contributed by atoms with E-state index in [1.54, 1.807) is 26.5 Å². The van der Waals surface area contributed by atoms with Gasteiger partial charge in [-0.05, 0) is 36.6 Å². The van der Waals surface area contributed by atoms with Gasteiger partial charge in [0.05, 0.1) is 26.1 Å². The minimum Gasteiger partial charge on any atom is -0.496 e. The minimum atomic E-state index is 0.435. The summed E-state index contributed by atoms with van der Waals surface area (Å²) in [4.78, 5) is 4.45. The van der Waals surface area contributed by atoms with Crippen LogP contribution in [0, 0.1) is 6.92 Å². The molecule has 2 aromatic carbocycles. The zero-order valence-electron chi connectivity index (χ0n) is 16.0. The number of ether oxygens (including phenoxy) is 2. The van der Waals surface area contributed by atoms with Crippen molar-refractivity contribution in [2.24, 2.45) is 0 Å². The first-order chi connectivity index (χ1) is 13.6. The summed E-state index contributed by atoms with van der Waals surface area (Å²) in [6.07, 6.45) is 2.32. The molecule has 0 saturated carbocycles. The molecule has 0 unspecified atom stereocenters. The number of halogens is 1. The summed E-state index contributed by atoms with van der Waals surface area (Å²) in [6, 6.07) is 11.6. The Morgan fingerprint density at radius 1 is 1.07 bits per heavy atom. The summed E-state index contributed by atoms with van der Waals surface area (Å²) < 4.78 is 10.8. The van der Waals surface area contributed by atoms with Gasteiger partial charge in [-0.2, -0.15) is 10.1 Å². The van der Waals surface area contributed by atoms with Gasteiger partial charge in [-0.15, -0.1) is 5.10 Å². The lowest BCUT2D eigenvalue weighted by Gasteiger charge is -2.13. The van der Waals surface area contributed by atoms with E-state index in [0.717, 1.165) is 29.0 Å². The summed E-state index contributed by atoms with van der Waals surface area (Å²) in [7, 11) is 3.26. The smallest absolute Gasteiger partial charge is 0.244 e. The molecule has 0 aliphatic heterocycles. The second-order valence-electron chi connectivity index (χ2n) is 6.08. The summed E-state index contributed by atoms with van der Waals surface area (Å²) >= 11 is 6.16. The first-order valence-corrected chi connectivity index (χ1v) is 9.15. The van der Waals surface area contributed by atoms with Gasteiger partial charge in [0, 0.05) is 17.6 Å². The number of hydrogen-bond donors (Lipinski definition) is 2. The molecule has 3 aromatic rings. The molecule has 0 aliphatic rings. The van der Waals surface area contributed by atoms with E-state index in [4.69, 9.17) is 21.1 Å². The Bertz CT molecular complexity index is 952. The molecular formula is C20H22ClN5O2. The maximum absolute atomic E-state index is 6.16. The van der Waals surface area contributed by atoms with Crippen molar-refractivity contribution in [2.75, 3.05) is 31.4 Å². The van der Waals surface area contributed by atoms with Gasteiger partial charge in [-0.3, -0.25) is 0 Å². The number of aryl methyl sites for hydroxylation is 1. The van der Waals surface area contributed by atoms with Crippen molar-refractivity contribution in [3.8, 4) is 11.5 Å². The van der Waals surface area contributed by atoms with E-state index in [0.29, 0.717) is 29.1 Å². The normalized spacial score (nSPS) is 10.4. The minimum absolute atomic E-state index is 0.435. The maximum Gasteiger partial charge on any atom is 0.244 e. The van der Waals surface area contributed by atoms with Gasteiger partial charge in [0.25, 0.3) is 0 Å². The molecule has 28 heavy (non-hydrogen) atoms. The van der Waals surface area contributed by atoms with Gasteiger partial charge in [0.15, 0.2) is 5.82 Å². The van der Waals surface area contributed by atoms with Crippen molar-refractivity contribution in [1.29, 1.82) is 0 Å². The molecule has 0 spiro atoms. The number of nitrogens with one attached hydrogen (secondary N) is 2. The van der Waals surface area contributed by atoms with Crippen molar-refractivity contribution in [3.63, 3.8) is 0 Å². The third-order valence-corrected chi connectivity index (χ3v) is 4.58. The highest BCUT2D eigenvalue weighted by atomic mass is 35.5. The van der Waals surface area contributed by atoms with E-state index < -0.39 is 0 Å². The van der Waals surface area contributed by atoms with Crippen LogP contribution in [0.1, 0.15) is 11.1 Å². The van der Waals surface area contributed by atoms with Crippen LogP contribution in [0.25, 0.3) is 0 Å². The fraction of sp³-hybridized carbons (Fsp3) is 0.250. The van der Waals surface area contributed by atoms with E-state index >= 15 is 0 Å². The molecule has 8 heteroatoms. The van der Waals surface area contributed by atoms with Gasteiger partial charge in [-0.1, -0.05) is 29.8 Å². The number of nitrogens with zero attached hydrogens (tertiary/aromatic N) is 3. The average Bonchev–Trinajstić information content (AvgIpc) is 2.71. The van der Waals surface area contributed by atoms with Crippen LogP contribution in [-0.2, 0) is 6.42 Å². The van der Waals surface area contributed by atoms with Crippen LogP contribution in [0.3, 0.4) is 0 Å². The number of benzene rings is 2. The third-order valence-electron chi connectivity index (χ3n) is 4.17. The molecule has 0 radical (unpaired) electrons. The second kappa shape index (κ2) is 9.23. The molecule has 0 saturated heterocycles. The molecule has 1 aromatic heterocycles. The molecule has 0 bridgehead atoms. The van der Waals surface area contributed by atoms with Crippen LogP contribution < -0.4 is 20.1 Å². The van der Waals surface area contributed by atoms with E-state index in [1.165, 1.54) is 0 Å². The first kappa shape index (κ1) is 19.7. The number of methoxy groups -OCH3 is 2. The summed E-state index contributed by atoms with van der Waals surface area (Å²) in [5, 5.41) is 15.1. The van der Waals surface area contributed by atoms with Crippen LogP contribution >= 0.6 is 11.6 Å². The molecule has 2 N–H and O–H groups in total. The van der Waals surface area contributed by atoms with E-state index in [1.807, 2.05) is 37.3 Å². The van der Waals surface area contributed by atoms with Gasteiger partial charge in [0.1, 0.15) is 11.5 Å². The van der Waals surface area contributed by atoms with Gasteiger partial charge < -0.3 is 20.1 Å². The molecule has 0 atom stereocenters. The molecule has 0 amide bonds. The Balaban J connectivity index is 1.67. The number of para-hydroxylation sites is 1. The summed E-state index contributed by atoms with van der Waals surface area (Å²) in [5.74, 6) is 2.48. The maximum atomic E-state index is 6.16. The number of rotatable bonds is 8. The molecule has 0 fully saturated rings. The quantitative estimate of drug-likeness (QED) is 0.586.